The molecule has 0 saturated heterocycles. The molecule has 2 aromatic carbocycles. The van der Waals surface area contributed by atoms with Crippen molar-refractivity contribution in [3.8, 4) is 0 Å². The van der Waals surface area contributed by atoms with Crippen molar-refractivity contribution in [3.05, 3.63) is 69.8 Å². The molecule has 0 aromatic heterocycles. The molecule has 0 fully saturated rings. The van der Waals surface area contributed by atoms with E-state index < -0.39 is 23.4 Å². The number of esters is 1. The first-order valence-corrected chi connectivity index (χ1v) is 8.83. The molecule has 3 N–H and O–H groups in total. The van der Waals surface area contributed by atoms with Gasteiger partial charge in [0.25, 0.3) is 11.6 Å². The Labute approximate surface area is 162 Å². The summed E-state index contributed by atoms with van der Waals surface area (Å²) < 4.78 is 5.01. The zero-order valence-corrected chi connectivity index (χ0v) is 15.8. The predicted octanol–water partition coefficient (Wildman–Crippen LogP) is 3.24. The van der Waals surface area contributed by atoms with Crippen molar-refractivity contribution < 1.29 is 19.2 Å². The molecule has 8 nitrogen and oxygen atoms in total. The highest BCUT2D eigenvalue weighted by atomic mass is 16.6. The van der Waals surface area contributed by atoms with Gasteiger partial charge in [-0.15, -0.1) is 0 Å². The van der Waals surface area contributed by atoms with Crippen molar-refractivity contribution in [2.75, 3.05) is 12.3 Å². The fourth-order valence-electron chi connectivity index (χ4n) is 2.73. The summed E-state index contributed by atoms with van der Waals surface area (Å²) in [5, 5.41) is 13.6. The van der Waals surface area contributed by atoms with E-state index in [0.29, 0.717) is 5.92 Å². The SMILES string of the molecule is CC(C)C[C@@H](NC(=O)COC(=O)c1ccc([N+](=O)[O-])cc1N)c1ccccc1. The van der Waals surface area contributed by atoms with Gasteiger partial charge in [0.2, 0.25) is 0 Å². The van der Waals surface area contributed by atoms with Gasteiger partial charge in [0.05, 0.1) is 22.2 Å². The van der Waals surface area contributed by atoms with Crippen LogP contribution in [-0.4, -0.2) is 23.4 Å². The molecule has 0 spiro atoms. The van der Waals surface area contributed by atoms with Crippen molar-refractivity contribution in [2.45, 2.75) is 26.3 Å². The first kappa shape index (κ1) is 20.9. The van der Waals surface area contributed by atoms with Gasteiger partial charge in [-0.2, -0.15) is 0 Å². The van der Waals surface area contributed by atoms with Crippen LogP contribution in [0.2, 0.25) is 0 Å². The number of benzene rings is 2. The third kappa shape index (κ3) is 5.80. The number of nitrogens with zero attached hydrogens (tertiary/aromatic N) is 1. The number of hydrogen-bond donors (Lipinski definition) is 2. The van der Waals surface area contributed by atoms with Crippen LogP contribution in [0, 0.1) is 16.0 Å². The number of rotatable bonds is 8. The van der Waals surface area contributed by atoms with Gasteiger partial charge < -0.3 is 15.8 Å². The first-order valence-electron chi connectivity index (χ1n) is 8.83. The van der Waals surface area contributed by atoms with Gasteiger partial charge in [-0.3, -0.25) is 14.9 Å². The number of anilines is 1. The summed E-state index contributed by atoms with van der Waals surface area (Å²) in [6.45, 7) is 3.63. The number of carbonyl (C=O) groups excluding carboxylic acids is 2. The van der Waals surface area contributed by atoms with Gasteiger partial charge in [-0.05, 0) is 24.0 Å². The molecule has 2 aromatic rings. The van der Waals surface area contributed by atoms with Crippen LogP contribution in [0.15, 0.2) is 48.5 Å². The molecule has 0 aliphatic heterocycles. The fraction of sp³-hybridized carbons (Fsp3) is 0.300. The Morgan fingerprint density at radius 3 is 2.43 bits per heavy atom. The average Bonchev–Trinajstić information content (AvgIpc) is 2.65. The van der Waals surface area contributed by atoms with Crippen molar-refractivity contribution in [1.29, 1.82) is 0 Å². The highest BCUT2D eigenvalue weighted by molar-refractivity contribution is 5.96. The quantitative estimate of drug-likeness (QED) is 0.311. The number of nitrogens with one attached hydrogen (secondary N) is 1. The normalized spacial score (nSPS) is 11.7. The highest BCUT2D eigenvalue weighted by Crippen LogP contribution is 2.22. The van der Waals surface area contributed by atoms with Crippen LogP contribution in [0.4, 0.5) is 11.4 Å². The number of amides is 1. The molecule has 0 aliphatic rings. The summed E-state index contributed by atoms with van der Waals surface area (Å²) in [5.74, 6) is -0.904. The van der Waals surface area contributed by atoms with E-state index in [9.17, 15) is 19.7 Å². The Morgan fingerprint density at radius 1 is 1.18 bits per heavy atom. The number of non-ortho nitro benzene ring substituents is 1. The minimum Gasteiger partial charge on any atom is -0.452 e. The smallest absolute Gasteiger partial charge is 0.340 e. The van der Waals surface area contributed by atoms with Crippen LogP contribution < -0.4 is 11.1 Å². The van der Waals surface area contributed by atoms with Crippen molar-refractivity contribution in [1.82, 2.24) is 5.32 Å². The Balaban J connectivity index is 1.98. The molecule has 2 rings (SSSR count). The summed E-state index contributed by atoms with van der Waals surface area (Å²) >= 11 is 0. The third-order valence-corrected chi connectivity index (χ3v) is 4.04. The maximum atomic E-state index is 12.3. The molecule has 0 saturated carbocycles. The number of hydrogen-bond acceptors (Lipinski definition) is 6. The second-order valence-corrected chi connectivity index (χ2v) is 6.77. The summed E-state index contributed by atoms with van der Waals surface area (Å²) in [6, 6.07) is 12.8. The van der Waals surface area contributed by atoms with Crippen LogP contribution in [0.5, 0.6) is 0 Å². The predicted molar refractivity (Wildman–Crippen MR) is 105 cm³/mol. The molecule has 0 bridgehead atoms. The maximum Gasteiger partial charge on any atom is 0.340 e. The lowest BCUT2D eigenvalue weighted by Crippen LogP contribution is -2.33. The van der Waals surface area contributed by atoms with E-state index in [0.717, 1.165) is 24.1 Å². The minimum absolute atomic E-state index is 0.0276. The van der Waals surface area contributed by atoms with Crippen LogP contribution in [-0.2, 0) is 9.53 Å². The lowest BCUT2D eigenvalue weighted by molar-refractivity contribution is -0.384. The molecule has 148 valence electrons. The number of nitro groups is 1. The van der Waals surface area contributed by atoms with E-state index in [4.69, 9.17) is 10.5 Å². The number of carbonyl (C=O) groups is 2. The third-order valence-electron chi connectivity index (χ3n) is 4.04. The van der Waals surface area contributed by atoms with Gasteiger partial charge in [0.15, 0.2) is 6.61 Å². The van der Waals surface area contributed by atoms with Gasteiger partial charge in [0.1, 0.15) is 0 Å². The van der Waals surface area contributed by atoms with Crippen LogP contribution in [0.3, 0.4) is 0 Å². The number of nitrogens with two attached hydrogens (primary N) is 1. The molecule has 0 heterocycles. The number of ether oxygens (including phenoxy) is 1. The Hall–Kier alpha value is -3.42. The second-order valence-electron chi connectivity index (χ2n) is 6.77. The molecule has 1 atom stereocenters. The largest absolute Gasteiger partial charge is 0.452 e. The highest BCUT2D eigenvalue weighted by Gasteiger charge is 2.19. The molecule has 0 aliphatic carbocycles. The minimum atomic E-state index is -0.817. The van der Waals surface area contributed by atoms with Crippen LogP contribution >= 0.6 is 0 Å². The second kappa shape index (κ2) is 9.50. The number of nitro benzene ring substituents is 1. The van der Waals surface area contributed by atoms with Gasteiger partial charge in [0, 0.05) is 12.1 Å². The Morgan fingerprint density at radius 2 is 1.86 bits per heavy atom. The molecular formula is C20H23N3O5. The molecule has 28 heavy (non-hydrogen) atoms. The Kier molecular flexibility index (Phi) is 7.08. The number of nitrogen functional groups attached to an aromatic ring is 1. The van der Waals surface area contributed by atoms with Gasteiger partial charge in [-0.1, -0.05) is 44.2 Å². The zero-order chi connectivity index (χ0) is 20.7. The molecule has 8 heteroatoms. The van der Waals surface area contributed by atoms with Gasteiger partial charge >= 0.3 is 5.97 Å². The summed E-state index contributed by atoms with van der Waals surface area (Å²) in [6.07, 6.45) is 0.735. The van der Waals surface area contributed by atoms with Crippen molar-refractivity contribution in [3.63, 3.8) is 0 Å². The molecular weight excluding hydrogens is 362 g/mol. The van der Waals surface area contributed by atoms with E-state index in [-0.39, 0.29) is 23.0 Å². The topological polar surface area (TPSA) is 125 Å². The van der Waals surface area contributed by atoms with Crippen LogP contribution in [0.1, 0.15) is 42.2 Å². The molecule has 1 amide bonds. The zero-order valence-electron chi connectivity index (χ0n) is 15.8. The van der Waals surface area contributed by atoms with E-state index in [1.807, 2.05) is 30.3 Å². The maximum absolute atomic E-state index is 12.3. The standard InChI is InChI=1S/C20H23N3O5/c1-13(2)10-18(14-6-4-3-5-7-14)22-19(24)12-28-20(25)16-9-8-15(23(26)27)11-17(16)21/h3-9,11,13,18H,10,12,21H2,1-2H3,(H,22,24)/t18-/m1/s1. The fourth-order valence-corrected chi connectivity index (χ4v) is 2.73. The van der Waals surface area contributed by atoms with E-state index in [1.54, 1.807) is 0 Å². The lowest BCUT2D eigenvalue weighted by Gasteiger charge is -2.21. The summed E-state index contributed by atoms with van der Waals surface area (Å²) in [4.78, 5) is 34.5. The van der Waals surface area contributed by atoms with Crippen molar-refractivity contribution >= 4 is 23.3 Å². The molecule has 0 unspecified atom stereocenters. The average molecular weight is 385 g/mol. The summed E-state index contributed by atoms with van der Waals surface area (Å²) in [7, 11) is 0. The van der Waals surface area contributed by atoms with E-state index in [2.05, 4.69) is 19.2 Å². The van der Waals surface area contributed by atoms with E-state index in [1.165, 1.54) is 6.07 Å². The monoisotopic (exact) mass is 385 g/mol. The van der Waals surface area contributed by atoms with Crippen LogP contribution in [0.25, 0.3) is 0 Å². The summed E-state index contributed by atoms with van der Waals surface area (Å²) in [5.41, 5.74) is 6.30. The lowest BCUT2D eigenvalue weighted by atomic mass is 9.97. The van der Waals surface area contributed by atoms with Crippen molar-refractivity contribution in [2.24, 2.45) is 5.92 Å². The first-order chi connectivity index (χ1) is 13.3. The van der Waals surface area contributed by atoms with Gasteiger partial charge in [-0.25, -0.2) is 4.79 Å². The molecule has 0 radical (unpaired) electrons. The Bertz CT molecular complexity index is 852. The van der Waals surface area contributed by atoms with E-state index >= 15 is 0 Å².